The molecular formula is C39H44NNaO13P2. The fraction of sp³-hybridized carbons (Fsp3) is 0.282. The van der Waals surface area contributed by atoms with E-state index in [1.54, 1.807) is 48.5 Å². The Morgan fingerprint density at radius 1 is 0.482 bits per heavy atom. The summed E-state index contributed by atoms with van der Waals surface area (Å²) in [6.45, 7) is 0.163. The Labute approximate surface area is 350 Å². The molecule has 0 bridgehead atoms. The topological polar surface area (TPSA) is 185 Å². The molecule has 294 valence electrons. The number of carbonyl (C=O) groups excluding carboxylic acids is 4. The van der Waals surface area contributed by atoms with E-state index in [-0.39, 0.29) is 103 Å². The minimum Gasteiger partial charge on any atom is -0.496 e. The van der Waals surface area contributed by atoms with Gasteiger partial charge in [-0.1, -0.05) is 24.3 Å². The molecule has 4 aromatic carbocycles. The van der Waals surface area contributed by atoms with Crippen LogP contribution in [0.2, 0.25) is 0 Å². The molecule has 0 amide bonds. The second-order valence-electron chi connectivity index (χ2n) is 11.1. The predicted octanol–water partition coefficient (Wildman–Crippen LogP) is 4.07. The van der Waals surface area contributed by atoms with Gasteiger partial charge in [-0.05, 0) is 61.5 Å². The normalized spacial score (nSPS) is 10.4. The fourth-order valence-electron chi connectivity index (χ4n) is 5.42. The fourth-order valence-corrected chi connectivity index (χ4v) is 8.65. The van der Waals surface area contributed by atoms with Gasteiger partial charge in [0, 0.05) is 17.2 Å². The van der Waals surface area contributed by atoms with Crippen molar-refractivity contribution in [1.29, 1.82) is 0 Å². The van der Waals surface area contributed by atoms with Crippen LogP contribution in [-0.2, 0) is 4.57 Å². The van der Waals surface area contributed by atoms with Crippen molar-refractivity contribution in [2.75, 3.05) is 69.6 Å². The van der Waals surface area contributed by atoms with Crippen molar-refractivity contribution in [3.8, 4) is 46.0 Å². The van der Waals surface area contributed by atoms with Crippen LogP contribution in [0.15, 0.2) is 72.8 Å². The summed E-state index contributed by atoms with van der Waals surface area (Å²) in [6, 6.07) is 19.4. The standard InChI is InChI=1S/C21H26NO7P.C18H18O6P.Na/c1-26-14-8-5-9-15(27-2)18(14)20(23)30(25,13-7-12-22)21(24)19-16(28-3)10-6-11-17(19)29-4;1-21-11-7-5-8-12(22-2)15(11)17(19)25-18(20)16-13(23-3)9-6-10-14(16)24-4;/h5-6,8-11H,7,12-13,22H2,1-4H3;5-10H,1-4H3;/q;-1;+1. The van der Waals surface area contributed by atoms with Crippen LogP contribution >= 0.6 is 15.7 Å². The summed E-state index contributed by atoms with van der Waals surface area (Å²) in [4.78, 5) is 52.6. The Balaban J connectivity index is 0.000000386. The van der Waals surface area contributed by atoms with Gasteiger partial charge in [0.2, 0.25) is 18.2 Å². The Hall–Kier alpha value is -4.42. The van der Waals surface area contributed by atoms with Gasteiger partial charge in [-0.2, -0.15) is 0 Å². The number of methoxy groups -OCH3 is 8. The second-order valence-corrected chi connectivity index (χ2v) is 14.9. The molecule has 4 aromatic rings. The van der Waals surface area contributed by atoms with Crippen LogP contribution in [0.4, 0.5) is 0 Å². The van der Waals surface area contributed by atoms with Gasteiger partial charge < -0.3 is 66.4 Å². The van der Waals surface area contributed by atoms with Gasteiger partial charge in [0.05, 0.1) is 68.0 Å². The maximum Gasteiger partial charge on any atom is 1.00 e. The first-order chi connectivity index (χ1) is 26.5. The molecule has 0 saturated carbocycles. The van der Waals surface area contributed by atoms with Crippen molar-refractivity contribution in [2.45, 2.75) is 6.42 Å². The largest absolute Gasteiger partial charge is 1.00 e. The molecule has 17 heteroatoms. The maximum absolute atomic E-state index is 14.1. The zero-order valence-electron chi connectivity index (χ0n) is 32.8. The molecule has 56 heavy (non-hydrogen) atoms. The number of hydrogen-bond donors (Lipinski definition) is 1. The summed E-state index contributed by atoms with van der Waals surface area (Å²) in [5.41, 5.74) is 3.34. The van der Waals surface area contributed by atoms with Gasteiger partial charge in [-0.3, -0.25) is 9.59 Å². The summed E-state index contributed by atoms with van der Waals surface area (Å²) < 4.78 is 56.1. The van der Waals surface area contributed by atoms with Crippen molar-refractivity contribution >= 4 is 37.8 Å². The second kappa shape index (κ2) is 23.0. The number of carbonyl (C=O) groups is 4. The average molecular weight is 820 g/mol. The van der Waals surface area contributed by atoms with Crippen molar-refractivity contribution in [3.05, 3.63) is 95.1 Å². The molecule has 0 aliphatic carbocycles. The van der Waals surface area contributed by atoms with E-state index in [0.717, 1.165) is 0 Å². The van der Waals surface area contributed by atoms with E-state index in [1.165, 1.54) is 81.1 Å². The number of rotatable bonds is 19. The summed E-state index contributed by atoms with van der Waals surface area (Å²) in [7, 11) is 7.04. The van der Waals surface area contributed by atoms with Crippen LogP contribution in [0, 0.1) is 0 Å². The van der Waals surface area contributed by atoms with Crippen molar-refractivity contribution in [1.82, 2.24) is 0 Å². The molecule has 0 atom stereocenters. The van der Waals surface area contributed by atoms with Crippen molar-refractivity contribution in [3.63, 3.8) is 0 Å². The van der Waals surface area contributed by atoms with Crippen molar-refractivity contribution in [2.24, 2.45) is 5.73 Å². The Kier molecular flexibility index (Phi) is 19.6. The predicted molar refractivity (Wildman–Crippen MR) is 209 cm³/mol. The van der Waals surface area contributed by atoms with Gasteiger partial charge in [0.1, 0.15) is 57.1 Å². The summed E-state index contributed by atoms with van der Waals surface area (Å²) in [6.07, 6.45) is 0.00720. The molecule has 0 radical (unpaired) electrons. The molecule has 0 aromatic heterocycles. The van der Waals surface area contributed by atoms with Gasteiger partial charge >= 0.3 is 29.6 Å². The molecular weight excluding hydrogens is 775 g/mol. The van der Waals surface area contributed by atoms with E-state index in [4.69, 9.17) is 43.6 Å². The number of hydrogen-bond acceptors (Lipinski definition) is 14. The van der Waals surface area contributed by atoms with E-state index in [1.807, 2.05) is 0 Å². The zero-order valence-corrected chi connectivity index (χ0v) is 36.6. The van der Waals surface area contributed by atoms with Crippen LogP contribution < -0.4 is 73.2 Å². The van der Waals surface area contributed by atoms with Gasteiger partial charge in [0.25, 0.3) is 0 Å². The van der Waals surface area contributed by atoms with Crippen LogP contribution in [0.25, 0.3) is 0 Å². The molecule has 0 unspecified atom stereocenters. The molecule has 0 aliphatic rings. The molecule has 0 fully saturated rings. The van der Waals surface area contributed by atoms with E-state index in [2.05, 4.69) is 0 Å². The summed E-state index contributed by atoms with van der Waals surface area (Å²) in [5, 5.41) is 0. The van der Waals surface area contributed by atoms with Crippen LogP contribution in [0.1, 0.15) is 47.9 Å². The molecule has 0 heterocycles. The molecule has 14 nitrogen and oxygen atoms in total. The van der Waals surface area contributed by atoms with Gasteiger partial charge in [-0.25, -0.2) is 0 Å². The molecule has 2 N–H and O–H groups in total. The number of benzene rings is 4. The van der Waals surface area contributed by atoms with Gasteiger partial charge in [0.15, 0.2) is 0 Å². The molecule has 0 spiro atoms. The van der Waals surface area contributed by atoms with Crippen LogP contribution in [-0.4, -0.2) is 91.7 Å². The third kappa shape index (κ3) is 10.7. The first-order valence-corrected chi connectivity index (χ1v) is 19.3. The molecule has 0 aliphatic heterocycles. The monoisotopic (exact) mass is 819 g/mol. The third-order valence-corrected chi connectivity index (χ3v) is 11.7. The molecule has 0 saturated heterocycles. The summed E-state index contributed by atoms with van der Waals surface area (Å²) >= 11 is 0. The SMILES string of the molecule is COc1cccc(OC)c1C(=O)P(=O)(CCCN)C(=O)c1c(OC)cccc1OC.COc1cccc(OC)c1C(=O)[P-]C(=O)c1c(OC)cccc1OC.[Na+]. The minimum absolute atomic E-state index is 0. The van der Waals surface area contributed by atoms with Gasteiger partial charge in [-0.15, -0.1) is 0 Å². The Bertz CT molecular complexity index is 1830. The summed E-state index contributed by atoms with van der Waals surface area (Å²) in [5.74, 6) is 2.01. The van der Waals surface area contributed by atoms with Crippen LogP contribution in [0.3, 0.4) is 0 Å². The molecule has 4 rings (SSSR count). The zero-order chi connectivity index (χ0) is 40.7. The minimum atomic E-state index is -4.20. The number of nitrogens with two attached hydrogens (primary N) is 1. The first kappa shape index (κ1) is 47.7. The van der Waals surface area contributed by atoms with E-state index in [0.29, 0.717) is 23.0 Å². The smallest absolute Gasteiger partial charge is 0.496 e. The average Bonchev–Trinajstić information content (AvgIpc) is 3.23. The first-order valence-electron chi connectivity index (χ1n) is 16.5. The maximum atomic E-state index is 14.1. The Morgan fingerprint density at radius 2 is 0.714 bits per heavy atom. The third-order valence-electron chi connectivity index (χ3n) is 8.10. The number of ether oxygens (including phenoxy) is 8. The van der Waals surface area contributed by atoms with E-state index >= 15 is 0 Å². The Morgan fingerprint density at radius 3 is 0.929 bits per heavy atom. The van der Waals surface area contributed by atoms with Crippen molar-refractivity contribution < 1.29 is 91.2 Å². The quantitative estimate of drug-likeness (QED) is 0.106. The van der Waals surface area contributed by atoms with E-state index in [9.17, 15) is 23.7 Å². The van der Waals surface area contributed by atoms with E-state index < -0.39 is 29.2 Å². The van der Waals surface area contributed by atoms with Crippen LogP contribution in [0.5, 0.6) is 46.0 Å².